The van der Waals surface area contributed by atoms with Crippen LogP contribution in [0.2, 0.25) is 5.02 Å². The highest BCUT2D eigenvalue weighted by Crippen LogP contribution is 2.16. The third kappa shape index (κ3) is 3.61. The summed E-state index contributed by atoms with van der Waals surface area (Å²) in [6.07, 6.45) is 1.16. The predicted molar refractivity (Wildman–Crippen MR) is 72.0 cm³/mol. The Morgan fingerprint density at radius 1 is 1.60 bits per heavy atom. The van der Waals surface area contributed by atoms with Crippen molar-refractivity contribution in [2.75, 3.05) is 0 Å². The molecule has 0 atom stereocenters. The van der Waals surface area contributed by atoms with E-state index in [1.165, 1.54) is 18.2 Å². The number of halogens is 2. The molecule has 0 bridgehead atoms. The van der Waals surface area contributed by atoms with Gasteiger partial charge in [0, 0.05) is 5.56 Å². The Bertz CT molecular complexity index is 595. The highest BCUT2D eigenvalue weighted by Gasteiger charge is 2.17. The number of hydrazone groups is 2. The zero-order valence-electron chi connectivity index (χ0n) is 10.2. The normalized spacial score (nSPS) is 14.3. The number of hydrogen-bond donors (Lipinski definition) is 2. The second kappa shape index (κ2) is 6.25. The van der Waals surface area contributed by atoms with Crippen molar-refractivity contribution >= 4 is 35.3 Å². The highest BCUT2D eigenvalue weighted by molar-refractivity contribution is 6.33. The largest absolute Gasteiger partial charge is 0.273 e. The fourth-order valence-electron chi connectivity index (χ4n) is 1.54. The van der Waals surface area contributed by atoms with Gasteiger partial charge in [-0.3, -0.25) is 9.59 Å². The zero-order chi connectivity index (χ0) is 14.5. The van der Waals surface area contributed by atoms with Crippen molar-refractivity contribution in [3.63, 3.8) is 0 Å². The third-order valence-electron chi connectivity index (χ3n) is 2.45. The summed E-state index contributed by atoms with van der Waals surface area (Å²) in [5, 5.41) is 7.48. The Hall–Kier alpha value is -2.28. The number of amides is 2. The van der Waals surface area contributed by atoms with E-state index in [4.69, 9.17) is 11.6 Å². The van der Waals surface area contributed by atoms with Gasteiger partial charge < -0.3 is 0 Å². The smallest absolute Gasteiger partial charge is 0.245 e. The highest BCUT2D eigenvalue weighted by atomic mass is 35.5. The molecule has 0 spiro atoms. The van der Waals surface area contributed by atoms with Crippen molar-refractivity contribution in [3.05, 3.63) is 34.6 Å². The maximum absolute atomic E-state index is 13.4. The lowest BCUT2D eigenvalue weighted by Gasteiger charge is -2.00. The lowest BCUT2D eigenvalue weighted by atomic mass is 10.2. The maximum atomic E-state index is 13.4. The van der Waals surface area contributed by atoms with Crippen LogP contribution in [0.3, 0.4) is 0 Å². The molecule has 1 aliphatic rings. The average Bonchev–Trinajstić information content (AvgIpc) is 2.78. The molecule has 2 rings (SSSR count). The number of rotatable bonds is 4. The molecule has 0 unspecified atom stereocenters. The maximum Gasteiger partial charge on any atom is 0.245 e. The number of nitrogens with one attached hydrogen (secondary N) is 2. The van der Waals surface area contributed by atoms with Crippen LogP contribution in [0, 0.1) is 5.82 Å². The molecule has 104 valence electrons. The van der Waals surface area contributed by atoms with Crippen molar-refractivity contribution in [3.8, 4) is 0 Å². The zero-order valence-corrected chi connectivity index (χ0v) is 10.9. The predicted octanol–water partition coefficient (Wildman–Crippen LogP) is 1.20. The molecule has 1 aromatic rings. The first-order valence-electron chi connectivity index (χ1n) is 5.66. The van der Waals surface area contributed by atoms with Gasteiger partial charge in [0.05, 0.1) is 29.8 Å². The standard InChI is InChI=1S/C12H10ClFN4O2/c13-9-2-1-3-10(14)8(9)6-15-17-11(19)4-7-5-12(20)18-16-7/h1-3,6H,4-5H2,(H,17,19)(H,18,20)/b15-6+. The van der Waals surface area contributed by atoms with Gasteiger partial charge in [-0.25, -0.2) is 15.2 Å². The van der Waals surface area contributed by atoms with Gasteiger partial charge in [-0.05, 0) is 12.1 Å². The van der Waals surface area contributed by atoms with Crippen molar-refractivity contribution in [2.24, 2.45) is 10.2 Å². The fourth-order valence-corrected chi connectivity index (χ4v) is 1.75. The average molecular weight is 297 g/mol. The quantitative estimate of drug-likeness (QED) is 0.646. The van der Waals surface area contributed by atoms with Gasteiger partial charge >= 0.3 is 0 Å². The van der Waals surface area contributed by atoms with Crippen LogP contribution in [0.25, 0.3) is 0 Å². The van der Waals surface area contributed by atoms with E-state index in [1.54, 1.807) is 0 Å². The number of carbonyl (C=O) groups is 2. The lowest BCUT2D eigenvalue weighted by molar-refractivity contribution is -0.119. The molecule has 2 amide bonds. The van der Waals surface area contributed by atoms with E-state index in [9.17, 15) is 14.0 Å². The Morgan fingerprint density at radius 2 is 2.40 bits per heavy atom. The molecular formula is C12H10ClFN4O2. The van der Waals surface area contributed by atoms with Gasteiger partial charge in [0.25, 0.3) is 0 Å². The van der Waals surface area contributed by atoms with Crippen molar-refractivity contribution in [2.45, 2.75) is 12.8 Å². The van der Waals surface area contributed by atoms with E-state index in [0.717, 1.165) is 6.21 Å². The fraction of sp³-hybridized carbons (Fsp3) is 0.167. The first kappa shape index (κ1) is 14.1. The van der Waals surface area contributed by atoms with E-state index >= 15 is 0 Å². The summed E-state index contributed by atoms with van der Waals surface area (Å²) in [5.41, 5.74) is 4.96. The summed E-state index contributed by atoms with van der Waals surface area (Å²) in [6.45, 7) is 0. The Labute approximate surface area is 118 Å². The van der Waals surface area contributed by atoms with Crippen molar-refractivity contribution < 1.29 is 14.0 Å². The summed E-state index contributed by atoms with van der Waals surface area (Å²) >= 11 is 5.79. The minimum Gasteiger partial charge on any atom is -0.273 e. The summed E-state index contributed by atoms with van der Waals surface area (Å²) in [5.74, 6) is -1.25. The molecule has 2 N–H and O–H groups in total. The number of carbonyl (C=O) groups excluding carboxylic acids is 2. The van der Waals surface area contributed by atoms with Gasteiger partial charge in [-0.1, -0.05) is 17.7 Å². The van der Waals surface area contributed by atoms with Crippen LogP contribution in [0.5, 0.6) is 0 Å². The summed E-state index contributed by atoms with van der Waals surface area (Å²) in [7, 11) is 0. The molecule has 0 saturated heterocycles. The Morgan fingerprint density at radius 3 is 3.05 bits per heavy atom. The summed E-state index contributed by atoms with van der Waals surface area (Å²) < 4.78 is 13.4. The van der Waals surface area contributed by atoms with E-state index < -0.39 is 11.7 Å². The molecule has 1 aliphatic heterocycles. The van der Waals surface area contributed by atoms with Crippen LogP contribution in [0.15, 0.2) is 28.4 Å². The Kier molecular flexibility index (Phi) is 4.41. The topological polar surface area (TPSA) is 82.9 Å². The van der Waals surface area contributed by atoms with Gasteiger partial charge in [0.2, 0.25) is 11.8 Å². The van der Waals surface area contributed by atoms with E-state index in [0.29, 0.717) is 5.71 Å². The molecule has 0 fully saturated rings. The number of nitrogens with zero attached hydrogens (tertiary/aromatic N) is 2. The van der Waals surface area contributed by atoms with Crippen LogP contribution >= 0.6 is 11.6 Å². The van der Waals surface area contributed by atoms with Crippen LogP contribution in [0.1, 0.15) is 18.4 Å². The molecular weight excluding hydrogens is 287 g/mol. The minimum atomic E-state index is -0.537. The van der Waals surface area contributed by atoms with Crippen LogP contribution < -0.4 is 10.9 Å². The molecule has 1 heterocycles. The van der Waals surface area contributed by atoms with Gasteiger partial charge in [0.1, 0.15) is 5.82 Å². The monoisotopic (exact) mass is 296 g/mol. The molecule has 0 aromatic heterocycles. The van der Waals surface area contributed by atoms with E-state index in [2.05, 4.69) is 21.1 Å². The molecule has 0 saturated carbocycles. The first-order valence-corrected chi connectivity index (χ1v) is 6.04. The SMILES string of the molecule is O=C1CC(CC(=O)N/N=C/c2c(F)cccc2Cl)=NN1. The second-order valence-corrected chi connectivity index (χ2v) is 4.40. The summed E-state index contributed by atoms with van der Waals surface area (Å²) in [4.78, 5) is 22.4. The van der Waals surface area contributed by atoms with E-state index in [-0.39, 0.29) is 29.3 Å². The second-order valence-electron chi connectivity index (χ2n) is 4.00. The third-order valence-corrected chi connectivity index (χ3v) is 2.78. The van der Waals surface area contributed by atoms with Crippen molar-refractivity contribution in [1.29, 1.82) is 0 Å². The minimum absolute atomic E-state index is 0.0545. The van der Waals surface area contributed by atoms with Gasteiger partial charge in [0.15, 0.2) is 0 Å². The Balaban J connectivity index is 1.90. The van der Waals surface area contributed by atoms with Crippen LogP contribution in [-0.2, 0) is 9.59 Å². The molecule has 6 nitrogen and oxygen atoms in total. The van der Waals surface area contributed by atoms with E-state index in [1.807, 2.05) is 0 Å². The molecule has 0 radical (unpaired) electrons. The number of benzene rings is 1. The van der Waals surface area contributed by atoms with Gasteiger partial charge in [-0.2, -0.15) is 10.2 Å². The lowest BCUT2D eigenvalue weighted by Crippen LogP contribution is -2.20. The molecule has 1 aromatic carbocycles. The first-order chi connectivity index (χ1) is 9.56. The summed E-state index contributed by atoms with van der Waals surface area (Å²) in [6, 6.07) is 4.22. The molecule has 8 heteroatoms. The van der Waals surface area contributed by atoms with Crippen molar-refractivity contribution in [1.82, 2.24) is 10.9 Å². The number of hydrogen-bond acceptors (Lipinski definition) is 4. The van der Waals surface area contributed by atoms with Gasteiger partial charge in [-0.15, -0.1) is 0 Å². The molecule has 0 aliphatic carbocycles. The molecule has 20 heavy (non-hydrogen) atoms. The van der Waals surface area contributed by atoms with Crippen LogP contribution in [-0.4, -0.2) is 23.7 Å². The van der Waals surface area contributed by atoms with Crippen LogP contribution in [0.4, 0.5) is 4.39 Å².